The van der Waals surface area contributed by atoms with Gasteiger partial charge in [0.2, 0.25) is 0 Å². The Balaban J connectivity index is 1.15. The van der Waals surface area contributed by atoms with Crippen LogP contribution in [0.5, 0.6) is 5.75 Å². The van der Waals surface area contributed by atoms with Crippen LogP contribution >= 0.6 is 0 Å². The Morgan fingerprint density at radius 1 is 0.415 bits per heavy atom. The molecule has 0 aliphatic carbocycles. The summed E-state index contributed by atoms with van der Waals surface area (Å²) in [4.78, 5) is 10.5. The maximum atomic E-state index is 11.4. The summed E-state index contributed by atoms with van der Waals surface area (Å²) in [5.74, 6) is 0.889. The Hall–Kier alpha value is -7.24. The van der Waals surface area contributed by atoms with E-state index in [9.17, 15) is 5.11 Å². The largest absolute Gasteiger partial charge is 0.507 e. The van der Waals surface area contributed by atoms with Crippen molar-refractivity contribution in [2.24, 2.45) is 0 Å². The first kappa shape index (κ1) is 41.8. The number of hydrogen-bond acceptors (Lipinski definition) is 3. The van der Waals surface area contributed by atoms with E-state index in [-0.39, 0.29) is 22.0 Å². The molecule has 0 saturated carbocycles. The van der Waals surface area contributed by atoms with E-state index in [0.717, 1.165) is 55.9 Å². The van der Waals surface area contributed by atoms with E-state index in [0.29, 0.717) is 11.4 Å². The first-order valence-electron chi connectivity index (χ1n) is 22.7. The summed E-state index contributed by atoms with van der Waals surface area (Å²) in [6, 6.07) is 58.2. The van der Waals surface area contributed by atoms with E-state index in [1.165, 1.54) is 38.5 Å². The SMILES string of the molecule is CC(C)(C)c1cc(-c2cc(-c3ccc4c(c3)c3ccccc3n4-c3ccccc3)ccn2)cc(-c2cccc3c2nc(-c2ccccc2O)n3-c2cc(C(C)(C)C)cc(C(C)(C)C)c2)c1. The zero-order valence-corrected chi connectivity index (χ0v) is 38.9. The van der Waals surface area contributed by atoms with Crippen molar-refractivity contribution in [3.63, 3.8) is 0 Å². The number of benzene rings is 7. The summed E-state index contributed by atoms with van der Waals surface area (Å²) in [7, 11) is 0. The van der Waals surface area contributed by atoms with Crippen LogP contribution in [0.25, 0.3) is 89.1 Å². The van der Waals surface area contributed by atoms with E-state index in [2.05, 4.69) is 211 Å². The van der Waals surface area contributed by atoms with E-state index in [1.807, 2.05) is 24.4 Å². The lowest BCUT2D eigenvalue weighted by molar-refractivity contribution is 0.477. The van der Waals surface area contributed by atoms with Gasteiger partial charge in [0.05, 0.1) is 33.3 Å². The average molecular weight is 849 g/mol. The average Bonchev–Trinajstić information content (AvgIpc) is 3.84. The Morgan fingerprint density at radius 2 is 1.02 bits per heavy atom. The Kier molecular flexibility index (Phi) is 9.95. The van der Waals surface area contributed by atoms with Crippen LogP contribution in [-0.4, -0.2) is 24.2 Å². The van der Waals surface area contributed by atoms with Gasteiger partial charge >= 0.3 is 0 Å². The minimum atomic E-state index is -0.147. The zero-order valence-electron chi connectivity index (χ0n) is 38.9. The number of fused-ring (bicyclic) bond motifs is 4. The predicted octanol–water partition coefficient (Wildman–Crippen LogP) is 15.8. The lowest BCUT2D eigenvalue weighted by Gasteiger charge is -2.27. The predicted molar refractivity (Wildman–Crippen MR) is 273 cm³/mol. The molecule has 0 fully saturated rings. The molecule has 322 valence electrons. The lowest BCUT2D eigenvalue weighted by Crippen LogP contribution is -2.17. The summed E-state index contributed by atoms with van der Waals surface area (Å²) in [5.41, 5.74) is 16.7. The molecule has 0 bridgehead atoms. The van der Waals surface area contributed by atoms with E-state index in [4.69, 9.17) is 9.97 Å². The third-order valence-corrected chi connectivity index (χ3v) is 12.9. The van der Waals surface area contributed by atoms with Crippen molar-refractivity contribution in [1.29, 1.82) is 0 Å². The molecule has 0 aliphatic rings. The number of phenolic OH excluding ortho intramolecular Hbond substituents is 1. The van der Waals surface area contributed by atoms with Gasteiger partial charge in [-0.05, 0) is 135 Å². The number of nitrogens with zero attached hydrogens (tertiary/aromatic N) is 4. The van der Waals surface area contributed by atoms with Crippen LogP contribution in [0.2, 0.25) is 0 Å². The standard InChI is InChI=1S/C60H56N4O/c1-58(2,3)42-31-40(30-41(32-42)51-34-39(28-29-61-51)38-26-27-53-50(33-38)48-20-13-15-23-52(48)63(53)45-18-11-10-12-19-45)47-22-17-24-54-56(47)62-57(49-21-14-16-25-55(49)65)64(54)46-36-43(59(4,5)6)35-44(37-46)60(7,8)9/h10-37,65H,1-9H3. The summed E-state index contributed by atoms with van der Waals surface area (Å²) < 4.78 is 4.60. The zero-order chi connectivity index (χ0) is 45.4. The van der Waals surface area contributed by atoms with Crippen LogP contribution in [0, 0.1) is 0 Å². The molecular formula is C60H56N4O. The fourth-order valence-electron chi connectivity index (χ4n) is 9.18. The molecule has 0 aliphatic heterocycles. The first-order valence-corrected chi connectivity index (χ1v) is 22.7. The molecule has 0 spiro atoms. The number of para-hydroxylation sites is 4. The summed E-state index contributed by atoms with van der Waals surface area (Å²) in [5, 5.41) is 13.8. The molecule has 5 nitrogen and oxygen atoms in total. The summed E-state index contributed by atoms with van der Waals surface area (Å²) in [6.07, 6.45) is 1.93. The highest BCUT2D eigenvalue weighted by Gasteiger charge is 2.26. The summed E-state index contributed by atoms with van der Waals surface area (Å²) in [6.45, 7) is 20.4. The molecule has 10 aromatic rings. The Labute approximate surface area is 382 Å². The third-order valence-electron chi connectivity index (χ3n) is 12.9. The first-order chi connectivity index (χ1) is 31.0. The molecule has 65 heavy (non-hydrogen) atoms. The van der Waals surface area contributed by atoms with Crippen molar-refractivity contribution in [3.8, 4) is 62.0 Å². The van der Waals surface area contributed by atoms with Gasteiger partial charge < -0.3 is 9.67 Å². The molecule has 0 saturated heterocycles. The molecular weight excluding hydrogens is 793 g/mol. The molecule has 0 amide bonds. The van der Waals surface area contributed by atoms with Crippen LogP contribution in [-0.2, 0) is 16.2 Å². The molecule has 3 aromatic heterocycles. The van der Waals surface area contributed by atoms with Crippen molar-refractivity contribution in [2.45, 2.75) is 78.6 Å². The second-order valence-electron chi connectivity index (χ2n) is 20.6. The highest BCUT2D eigenvalue weighted by atomic mass is 16.3. The van der Waals surface area contributed by atoms with Crippen molar-refractivity contribution in [3.05, 3.63) is 187 Å². The van der Waals surface area contributed by atoms with E-state index in [1.54, 1.807) is 6.07 Å². The highest BCUT2D eigenvalue weighted by Crippen LogP contribution is 2.42. The van der Waals surface area contributed by atoms with E-state index >= 15 is 0 Å². The number of hydrogen-bond donors (Lipinski definition) is 1. The molecule has 10 rings (SSSR count). The maximum absolute atomic E-state index is 11.4. The van der Waals surface area contributed by atoms with Crippen molar-refractivity contribution in [1.82, 2.24) is 19.1 Å². The van der Waals surface area contributed by atoms with Gasteiger partial charge in [-0.2, -0.15) is 0 Å². The number of imidazole rings is 1. The topological polar surface area (TPSA) is 55.9 Å². The normalized spacial score (nSPS) is 12.4. The van der Waals surface area contributed by atoms with Gasteiger partial charge in [-0.15, -0.1) is 0 Å². The van der Waals surface area contributed by atoms with Gasteiger partial charge in [0.15, 0.2) is 0 Å². The van der Waals surface area contributed by atoms with E-state index < -0.39 is 0 Å². The summed E-state index contributed by atoms with van der Waals surface area (Å²) >= 11 is 0. The molecule has 7 aromatic carbocycles. The van der Waals surface area contributed by atoms with Gasteiger partial charge in [0, 0.05) is 39.5 Å². The number of aromatic hydroxyl groups is 1. The van der Waals surface area contributed by atoms with Crippen molar-refractivity contribution >= 4 is 32.8 Å². The van der Waals surface area contributed by atoms with Crippen LogP contribution < -0.4 is 0 Å². The monoisotopic (exact) mass is 848 g/mol. The quantitative estimate of drug-likeness (QED) is 0.181. The van der Waals surface area contributed by atoms with Crippen LogP contribution in [0.15, 0.2) is 170 Å². The van der Waals surface area contributed by atoms with Gasteiger partial charge in [-0.25, -0.2) is 4.98 Å². The maximum Gasteiger partial charge on any atom is 0.149 e. The van der Waals surface area contributed by atoms with Crippen molar-refractivity contribution < 1.29 is 5.11 Å². The van der Waals surface area contributed by atoms with Crippen LogP contribution in [0.4, 0.5) is 0 Å². The Bertz CT molecular complexity index is 3410. The van der Waals surface area contributed by atoms with Gasteiger partial charge in [-0.3, -0.25) is 9.55 Å². The second kappa shape index (κ2) is 15.5. The fourth-order valence-corrected chi connectivity index (χ4v) is 9.18. The minimum Gasteiger partial charge on any atom is -0.507 e. The molecule has 0 atom stereocenters. The lowest BCUT2D eigenvalue weighted by atomic mass is 9.80. The number of phenols is 1. The van der Waals surface area contributed by atoms with Gasteiger partial charge in [0.1, 0.15) is 11.6 Å². The number of aromatic nitrogens is 4. The molecule has 5 heteroatoms. The van der Waals surface area contributed by atoms with Crippen LogP contribution in [0.1, 0.15) is 79.0 Å². The van der Waals surface area contributed by atoms with Gasteiger partial charge in [-0.1, -0.05) is 141 Å². The smallest absolute Gasteiger partial charge is 0.149 e. The van der Waals surface area contributed by atoms with Crippen LogP contribution in [0.3, 0.4) is 0 Å². The fraction of sp³-hybridized carbons (Fsp3) is 0.200. The molecule has 0 unspecified atom stereocenters. The Morgan fingerprint density at radius 3 is 1.74 bits per heavy atom. The number of rotatable bonds is 6. The molecule has 1 N–H and O–H groups in total. The third kappa shape index (κ3) is 7.59. The molecule has 0 radical (unpaired) electrons. The van der Waals surface area contributed by atoms with Crippen molar-refractivity contribution in [2.75, 3.05) is 0 Å². The number of pyridine rings is 1. The molecule has 3 heterocycles. The van der Waals surface area contributed by atoms with Gasteiger partial charge in [0.25, 0.3) is 0 Å². The highest BCUT2D eigenvalue weighted by molar-refractivity contribution is 6.10. The second-order valence-corrected chi connectivity index (χ2v) is 20.6. The minimum absolute atomic E-state index is 0.0860.